The fraction of sp³-hybridized carbons (Fsp3) is 0.200. The van der Waals surface area contributed by atoms with E-state index in [1.54, 1.807) is 24.3 Å². The van der Waals surface area contributed by atoms with Crippen molar-refractivity contribution in [1.82, 2.24) is 5.32 Å². The van der Waals surface area contributed by atoms with Crippen LogP contribution in [-0.4, -0.2) is 30.4 Å². The van der Waals surface area contributed by atoms with Gasteiger partial charge in [0, 0.05) is 17.5 Å². The molecule has 6 heteroatoms. The summed E-state index contributed by atoms with van der Waals surface area (Å²) in [5.41, 5.74) is 0.358. The predicted molar refractivity (Wildman–Crippen MR) is 81.0 cm³/mol. The maximum Gasteiger partial charge on any atom is 0.321 e. The number of hydrogen-bond donors (Lipinski definition) is 1. The van der Waals surface area contributed by atoms with E-state index in [0.717, 1.165) is 0 Å². The van der Waals surface area contributed by atoms with E-state index in [-0.39, 0.29) is 18.3 Å². The summed E-state index contributed by atoms with van der Waals surface area (Å²) in [6.45, 7) is 0.0806. The molecular formula is C15H13BrFNO3. The van der Waals surface area contributed by atoms with Crippen molar-refractivity contribution in [3.63, 3.8) is 0 Å². The third kappa shape index (κ3) is 3.39. The molecule has 1 atom stereocenters. The Balaban J connectivity index is 2.21. The van der Waals surface area contributed by atoms with Gasteiger partial charge >= 0.3 is 5.97 Å². The lowest BCUT2D eigenvalue weighted by molar-refractivity contribution is -0.139. The molecule has 0 spiro atoms. The Morgan fingerprint density at radius 2 is 1.90 bits per heavy atom. The maximum absolute atomic E-state index is 13.7. The molecular weight excluding hydrogens is 341 g/mol. The summed E-state index contributed by atoms with van der Waals surface area (Å²) in [5, 5.41) is 3.53. The first-order valence-electron chi connectivity index (χ1n) is 6.22. The molecule has 0 aliphatic rings. The largest absolute Gasteiger partial charge is 0.468 e. The Bertz CT molecular complexity index is 690. The van der Waals surface area contributed by atoms with E-state index in [4.69, 9.17) is 0 Å². The van der Waals surface area contributed by atoms with E-state index in [1.165, 1.54) is 19.2 Å². The summed E-state index contributed by atoms with van der Waals surface area (Å²) in [7, 11) is 1.27. The van der Waals surface area contributed by atoms with Gasteiger partial charge in [-0.05, 0) is 17.5 Å². The molecule has 0 aliphatic heterocycles. The monoisotopic (exact) mass is 353 g/mol. The van der Waals surface area contributed by atoms with Crippen molar-refractivity contribution in [3.05, 3.63) is 47.8 Å². The van der Waals surface area contributed by atoms with Crippen LogP contribution in [0.5, 0.6) is 0 Å². The van der Waals surface area contributed by atoms with Gasteiger partial charge in [0.1, 0.15) is 10.6 Å². The van der Waals surface area contributed by atoms with Crippen molar-refractivity contribution >= 4 is 38.6 Å². The van der Waals surface area contributed by atoms with Gasteiger partial charge in [-0.15, -0.1) is 0 Å². The van der Waals surface area contributed by atoms with Gasteiger partial charge < -0.3 is 10.1 Å². The molecule has 2 aromatic rings. The first-order valence-corrected chi connectivity index (χ1v) is 7.13. The van der Waals surface area contributed by atoms with Crippen LogP contribution in [-0.2, 0) is 9.53 Å². The van der Waals surface area contributed by atoms with Crippen LogP contribution in [0.2, 0.25) is 0 Å². The molecule has 1 unspecified atom stereocenters. The summed E-state index contributed by atoms with van der Waals surface area (Å²) in [4.78, 5) is 22.8. The zero-order valence-electron chi connectivity index (χ0n) is 11.2. The first kappa shape index (κ1) is 15.4. The standard InChI is InChI=1S/C15H13BrFNO3/c1-21-15(20)12(16)8-18-14(19)11-6-7-13(17)10-5-3-2-4-9(10)11/h2-7,12H,8H2,1H3,(H,18,19). The Morgan fingerprint density at radius 1 is 1.24 bits per heavy atom. The van der Waals surface area contributed by atoms with Gasteiger partial charge in [-0.1, -0.05) is 40.2 Å². The predicted octanol–water partition coefficient (Wildman–Crippen LogP) is 2.65. The third-order valence-electron chi connectivity index (χ3n) is 3.01. The average molecular weight is 354 g/mol. The van der Waals surface area contributed by atoms with Crippen LogP contribution in [0.25, 0.3) is 10.8 Å². The highest BCUT2D eigenvalue weighted by Gasteiger charge is 2.18. The van der Waals surface area contributed by atoms with Crippen LogP contribution in [0.1, 0.15) is 10.4 Å². The van der Waals surface area contributed by atoms with Crippen LogP contribution >= 0.6 is 15.9 Å². The molecule has 110 valence electrons. The molecule has 0 heterocycles. The smallest absolute Gasteiger partial charge is 0.321 e. The molecule has 0 saturated carbocycles. The second kappa shape index (κ2) is 6.67. The number of ether oxygens (including phenoxy) is 1. The molecule has 21 heavy (non-hydrogen) atoms. The summed E-state index contributed by atoms with van der Waals surface area (Å²) < 4.78 is 18.2. The Morgan fingerprint density at radius 3 is 2.57 bits per heavy atom. The Kier molecular flexibility index (Phi) is 4.90. The fourth-order valence-corrected chi connectivity index (χ4v) is 2.30. The lowest BCUT2D eigenvalue weighted by Gasteiger charge is -2.11. The molecule has 0 saturated heterocycles. The number of alkyl halides is 1. The molecule has 0 aromatic heterocycles. The number of carbonyl (C=O) groups is 2. The van der Waals surface area contributed by atoms with E-state index < -0.39 is 10.8 Å². The number of nitrogens with one attached hydrogen (secondary N) is 1. The number of rotatable bonds is 4. The third-order valence-corrected chi connectivity index (χ3v) is 3.71. The normalized spacial score (nSPS) is 12.0. The number of halogens is 2. The first-order chi connectivity index (χ1) is 10.0. The molecule has 4 nitrogen and oxygen atoms in total. The van der Waals surface area contributed by atoms with E-state index >= 15 is 0 Å². The summed E-state index contributed by atoms with van der Waals surface area (Å²) >= 11 is 3.12. The number of amides is 1. The number of fused-ring (bicyclic) bond motifs is 1. The topological polar surface area (TPSA) is 55.4 Å². The molecule has 0 aliphatic carbocycles. The Hall–Kier alpha value is -1.95. The summed E-state index contributed by atoms with van der Waals surface area (Å²) in [6, 6.07) is 9.42. The molecule has 2 aromatic carbocycles. The number of methoxy groups -OCH3 is 1. The van der Waals surface area contributed by atoms with Crippen molar-refractivity contribution < 1.29 is 18.7 Å². The van der Waals surface area contributed by atoms with Gasteiger partial charge in [0.15, 0.2) is 0 Å². The van der Waals surface area contributed by atoms with E-state index in [1.807, 2.05) is 0 Å². The van der Waals surface area contributed by atoms with Gasteiger partial charge in [-0.25, -0.2) is 4.39 Å². The lowest BCUT2D eigenvalue weighted by Crippen LogP contribution is -2.34. The van der Waals surface area contributed by atoms with Crippen LogP contribution in [0.3, 0.4) is 0 Å². The quantitative estimate of drug-likeness (QED) is 0.679. The van der Waals surface area contributed by atoms with Gasteiger partial charge in [-0.3, -0.25) is 9.59 Å². The van der Waals surface area contributed by atoms with Gasteiger partial charge in [0.25, 0.3) is 5.91 Å². The summed E-state index contributed by atoms with van der Waals surface area (Å²) in [6.07, 6.45) is 0. The number of esters is 1. The van der Waals surface area contributed by atoms with Crippen molar-refractivity contribution in [3.8, 4) is 0 Å². The van der Waals surface area contributed by atoms with Gasteiger partial charge in [0.05, 0.1) is 7.11 Å². The van der Waals surface area contributed by atoms with E-state index in [9.17, 15) is 14.0 Å². The van der Waals surface area contributed by atoms with Crippen molar-refractivity contribution in [2.45, 2.75) is 4.83 Å². The number of benzene rings is 2. The second-order valence-electron chi connectivity index (χ2n) is 4.34. The van der Waals surface area contributed by atoms with Gasteiger partial charge in [-0.2, -0.15) is 0 Å². The van der Waals surface area contributed by atoms with Crippen molar-refractivity contribution in [2.75, 3.05) is 13.7 Å². The minimum Gasteiger partial charge on any atom is -0.468 e. The molecule has 0 bridgehead atoms. The minimum atomic E-state index is -0.627. The van der Waals surface area contributed by atoms with Crippen LogP contribution in [0.4, 0.5) is 4.39 Å². The number of carbonyl (C=O) groups excluding carboxylic acids is 2. The molecule has 1 N–H and O–H groups in total. The highest BCUT2D eigenvalue weighted by molar-refractivity contribution is 9.10. The Labute approximate surface area is 129 Å². The SMILES string of the molecule is COC(=O)C(Br)CNC(=O)c1ccc(F)c2ccccc12. The second-order valence-corrected chi connectivity index (χ2v) is 5.45. The van der Waals surface area contributed by atoms with Crippen LogP contribution < -0.4 is 5.32 Å². The maximum atomic E-state index is 13.7. The molecule has 2 rings (SSSR count). The van der Waals surface area contributed by atoms with Crippen LogP contribution in [0, 0.1) is 5.82 Å². The lowest BCUT2D eigenvalue weighted by atomic mass is 10.0. The highest BCUT2D eigenvalue weighted by atomic mass is 79.9. The molecule has 0 fully saturated rings. The minimum absolute atomic E-state index is 0.0806. The van der Waals surface area contributed by atoms with Crippen LogP contribution in [0.15, 0.2) is 36.4 Å². The van der Waals surface area contributed by atoms with Crippen molar-refractivity contribution in [1.29, 1.82) is 0 Å². The van der Waals surface area contributed by atoms with E-state index in [0.29, 0.717) is 16.3 Å². The van der Waals surface area contributed by atoms with Gasteiger partial charge in [0.2, 0.25) is 0 Å². The summed E-state index contributed by atoms with van der Waals surface area (Å²) in [5.74, 6) is -1.23. The number of hydrogen-bond acceptors (Lipinski definition) is 3. The molecule has 0 radical (unpaired) electrons. The molecule has 1 amide bonds. The average Bonchev–Trinajstić information content (AvgIpc) is 2.52. The fourth-order valence-electron chi connectivity index (χ4n) is 1.95. The highest BCUT2D eigenvalue weighted by Crippen LogP contribution is 2.21. The van der Waals surface area contributed by atoms with Crippen molar-refractivity contribution in [2.24, 2.45) is 0 Å². The zero-order valence-corrected chi connectivity index (χ0v) is 12.8. The van der Waals surface area contributed by atoms with E-state index in [2.05, 4.69) is 26.0 Å². The zero-order chi connectivity index (χ0) is 15.4.